The third-order valence-corrected chi connectivity index (χ3v) is 3.72. The predicted molar refractivity (Wildman–Crippen MR) is 54.6 cm³/mol. The molecule has 2 heterocycles. The molecule has 0 spiro atoms. The lowest BCUT2D eigenvalue weighted by atomic mass is 10.1. The zero-order valence-electron chi connectivity index (χ0n) is 7.88. The molecule has 1 aromatic heterocycles. The minimum atomic E-state index is -0.793. The first-order chi connectivity index (χ1) is 6.70. The molecule has 1 saturated heterocycles. The number of thioether (sulfide) groups is 1. The van der Waals surface area contributed by atoms with E-state index in [1.54, 1.807) is 19.2 Å². The second kappa shape index (κ2) is 3.65. The molecule has 1 fully saturated rings. The molecule has 14 heavy (non-hydrogen) atoms. The average molecular weight is 212 g/mol. The number of aliphatic carboxylic acids is 1. The van der Waals surface area contributed by atoms with Crippen LogP contribution in [0.4, 0.5) is 0 Å². The van der Waals surface area contributed by atoms with Crippen molar-refractivity contribution in [3.63, 3.8) is 0 Å². The van der Waals surface area contributed by atoms with Gasteiger partial charge in [-0.25, -0.2) is 0 Å². The van der Waals surface area contributed by atoms with Crippen molar-refractivity contribution in [2.75, 3.05) is 11.5 Å². The van der Waals surface area contributed by atoms with Crippen LogP contribution in [0.25, 0.3) is 0 Å². The van der Waals surface area contributed by atoms with Crippen molar-refractivity contribution >= 4 is 17.7 Å². The third-order valence-electron chi connectivity index (χ3n) is 2.48. The largest absolute Gasteiger partial charge is 0.481 e. The van der Waals surface area contributed by atoms with Gasteiger partial charge in [0, 0.05) is 17.7 Å². The van der Waals surface area contributed by atoms with Gasteiger partial charge in [0.2, 0.25) is 0 Å². The lowest BCUT2D eigenvalue weighted by molar-refractivity contribution is -0.138. The van der Waals surface area contributed by atoms with Crippen molar-refractivity contribution in [1.29, 1.82) is 0 Å². The zero-order chi connectivity index (χ0) is 10.1. The maximum atomic E-state index is 10.8. The van der Waals surface area contributed by atoms with Crippen molar-refractivity contribution in [3.8, 4) is 0 Å². The van der Waals surface area contributed by atoms with Gasteiger partial charge in [-0.05, 0) is 13.0 Å². The van der Waals surface area contributed by atoms with Crippen LogP contribution in [0, 0.1) is 0 Å². The predicted octanol–water partition coefficient (Wildman–Crippen LogP) is 1.36. The highest BCUT2D eigenvalue weighted by molar-refractivity contribution is 8.00. The van der Waals surface area contributed by atoms with E-state index in [0.717, 1.165) is 17.2 Å². The standard InChI is InChI=1S/C9H12N2O2S/c1-6(9(12)13)8-2-3-10-11(8)7-4-14-5-7/h2-3,6-7H,4-5H2,1H3,(H,12,13). The molecular formula is C9H12N2O2S. The summed E-state index contributed by atoms with van der Waals surface area (Å²) in [5.74, 6) is 0.823. The molecule has 4 nitrogen and oxygen atoms in total. The fourth-order valence-electron chi connectivity index (χ4n) is 1.46. The highest BCUT2D eigenvalue weighted by Gasteiger charge is 2.26. The maximum Gasteiger partial charge on any atom is 0.312 e. The molecule has 1 unspecified atom stereocenters. The number of carbonyl (C=O) groups is 1. The van der Waals surface area contributed by atoms with Crippen LogP contribution < -0.4 is 0 Å². The minimum Gasteiger partial charge on any atom is -0.481 e. The van der Waals surface area contributed by atoms with Crippen molar-refractivity contribution < 1.29 is 9.90 Å². The molecule has 0 aliphatic carbocycles. The molecule has 1 atom stereocenters. The number of aromatic nitrogens is 2. The Morgan fingerprint density at radius 2 is 2.50 bits per heavy atom. The molecule has 0 saturated carbocycles. The quantitative estimate of drug-likeness (QED) is 0.822. The van der Waals surface area contributed by atoms with Crippen LogP contribution in [-0.4, -0.2) is 32.4 Å². The second-order valence-electron chi connectivity index (χ2n) is 3.45. The number of nitrogens with zero attached hydrogens (tertiary/aromatic N) is 2. The summed E-state index contributed by atoms with van der Waals surface area (Å²) in [6.45, 7) is 1.70. The molecule has 0 radical (unpaired) electrons. The summed E-state index contributed by atoms with van der Waals surface area (Å²) >= 11 is 1.86. The van der Waals surface area contributed by atoms with E-state index in [1.165, 1.54) is 0 Å². The molecule has 2 rings (SSSR count). The lowest BCUT2D eigenvalue weighted by Gasteiger charge is -2.27. The lowest BCUT2D eigenvalue weighted by Crippen LogP contribution is -2.27. The number of carboxylic acids is 1. The van der Waals surface area contributed by atoms with Gasteiger partial charge in [-0.15, -0.1) is 0 Å². The fourth-order valence-corrected chi connectivity index (χ4v) is 2.19. The van der Waals surface area contributed by atoms with Gasteiger partial charge in [0.15, 0.2) is 0 Å². The van der Waals surface area contributed by atoms with E-state index in [1.807, 2.05) is 16.4 Å². The van der Waals surface area contributed by atoms with Crippen molar-refractivity contribution in [2.45, 2.75) is 18.9 Å². The van der Waals surface area contributed by atoms with Crippen molar-refractivity contribution in [3.05, 3.63) is 18.0 Å². The van der Waals surface area contributed by atoms with Gasteiger partial charge in [-0.1, -0.05) is 0 Å². The monoisotopic (exact) mass is 212 g/mol. The topological polar surface area (TPSA) is 55.1 Å². The van der Waals surface area contributed by atoms with E-state index in [4.69, 9.17) is 5.11 Å². The normalized spacial score (nSPS) is 18.9. The van der Waals surface area contributed by atoms with E-state index in [9.17, 15) is 4.79 Å². The Kier molecular flexibility index (Phi) is 2.50. The third kappa shape index (κ3) is 1.52. The highest BCUT2D eigenvalue weighted by atomic mass is 32.2. The van der Waals surface area contributed by atoms with E-state index in [-0.39, 0.29) is 0 Å². The summed E-state index contributed by atoms with van der Waals surface area (Å²) in [7, 11) is 0. The van der Waals surface area contributed by atoms with E-state index < -0.39 is 11.9 Å². The Labute approximate surface area is 86.3 Å². The van der Waals surface area contributed by atoms with Crippen LogP contribution in [-0.2, 0) is 4.79 Å². The Morgan fingerprint density at radius 3 is 3.00 bits per heavy atom. The van der Waals surface area contributed by atoms with Gasteiger partial charge in [0.25, 0.3) is 0 Å². The number of rotatable bonds is 3. The van der Waals surface area contributed by atoms with Crippen LogP contribution in [0.2, 0.25) is 0 Å². The molecule has 0 aromatic carbocycles. The molecule has 1 aliphatic rings. The molecule has 5 heteroatoms. The Bertz CT molecular complexity index is 346. The van der Waals surface area contributed by atoms with Gasteiger partial charge >= 0.3 is 5.97 Å². The molecule has 1 N–H and O–H groups in total. The summed E-state index contributed by atoms with van der Waals surface area (Å²) in [5.41, 5.74) is 0.808. The summed E-state index contributed by atoms with van der Waals surface area (Å²) in [6, 6.07) is 2.19. The molecule has 0 amide bonds. The first-order valence-electron chi connectivity index (χ1n) is 4.54. The van der Waals surface area contributed by atoms with Crippen LogP contribution in [0.15, 0.2) is 12.3 Å². The minimum absolute atomic E-state index is 0.395. The first-order valence-corrected chi connectivity index (χ1v) is 5.69. The van der Waals surface area contributed by atoms with Gasteiger partial charge in [-0.3, -0.25) is 9.48 Å². The Balaban J connectivity index is 2.24. The summed E-state index contributed by atoms with van der Waals surface area (Å²) < 4.78 is 1.86. The summed E-state index contributed by atoms with van der Waals surface area (Å²) in [6.07, 6.45) is 1.68. The van der Waals surface area contributed by atoms with Crippen molar-refractivity contribution in [2.24, 2.45) is 0 Å². The smallest absolute Gasteiger partial charge is 0.312 e. The second-order valence-corrected chi connectivity index (χ2v) is 4.53. The van der Waals surface area contributed by atoms with Crippen LogP contribution in [0.5, 0.6) is 0 Å². The molecule has 1 aromatic rings. The zero-order valence-corrected chi connectivity index (χ0v) is 8.70. The van der Waals surface area contributed by atoms with Crippen molar-refractivity contribution in [1.82, 2.24) is 9.78 Å². The highest BCUT2D eigenvalue weighted by Crippen LogP contribution is 2.31. The SMILES string of the molecule is CC(C(=O)O)c1ccnn1C1CSC1. The summed E-state index contributed by atoms with van der Waals surface area (Å²) in [5, 5.41) is 13.1. The van der Waals surface area contributed by atoms with Gasteiger partial charge < -0.3 is 5.11 Å². The van der Waals surface area contributed by atoms with Gasteiger partial charge in [0.1, 0.15) is 0 Å². The molecular weight excluding hydrogens is 200 g/mol. The molecule has 1 aliphatic heterocycles. The summed E-state index contributed by atoms with van der Waals surface area (Å²) in [4.78, 5) is 10.8. The number of hydrogen-bond donors (Lipinski definition) is 1. The molecule has 0 bridgehead atoms. The fraction of sp³-hybridized carbons (Fsp3) is 0.556. The van der Waals surface area contributed by atoms with Gasteiger partial charge in [-0.2, -0.15) is 16.9 Å². The average Bonchev–Trinajstić information content (AvgIpc) is 2.48. The number of carboxylic acid groups (broad SMARTS) is 1. The van der Waals surface area contributed by atoms with Crippen LogP contribution >= 0.6 is 11.8 Å². The van der Waals surface area contributed by atoms with E-state index in [0.29, 0.717) is 6.04 Å². The first kappa shape index (κ1) is 9.58. The van der Waals surface area contributed by atoms with Crippen LogP contribution in [0.3, 0.4) is 0 Å². The van der Waals surface area contributed by atoms with E-state index >= 15 is 0 Å². The van der Waals surface area contributed by atoms with E-state index in [2.05, 4.69) is 5.10 Å². The number of hydrogen-bond acceptors (Lipinski definition) is 3. The van der Waals surface area contributed by atoms with Gasteiger partial charge in [0.05, 0.1) is 17.7 Å². The Hall–Kier alpha value is -0.970. The van der Waals surface area contributed by atoms with Crippen LogP contribution in [0.1, 0.15) is 24.6 Å². The Morgan fingerprint density at radius 1 is 1.79 bits per heavy atom. The molecule has 76 valence electrons. The maximum absolute atomic E-state index is 10.8.